The fourth-order valence-electron chi connectivity index (χ4n) is 1.14. The Morgan fingerprint density at radius 1 is 1.00 bits per heavy atom. The predicted octanol–water partition coefficient (Wildman–Crippen LogP) is 2.71. The Kier molecular flexibility index (Phi) is 7.56. The highest BCUT2D eigenvalue weighted by Crippen LogP contribution is 2.05. The van der Waals surface area contributed by atoms with Crippen LogP contribution in [0.5, 0.6) is 0 Å². The van der Waals surface area contributed by atoms with Gasteiger partial charge in [-0.3, -0.25) is 4.79 Å². The molecule has 0 amide bonds. The predicted molar refractivity (Wildman–Crippen MR) is 53.4 cm³/mol. The monoisotopic (exact) mass is 183 g/mol. The zero-order chi connectivity index (χ0) is 10.1. The highest BCUT2D eigenvalue weighted by molar-refractivity contribution is 5.78. The number of ketones is 2. The zero-order valence-corrected chi connectivity index (χ0v) is 8.47. The van der Waals surface area contributed by atoms with E-state index in [1.54, 1.807) is 6.92 Å². The average Bonchev–Trinajstić information content (AvgIpc) is 2.08. The van der Waals surface area contributed by atoms with Crippen molar-refractivity contribution >= 4 is 11.6 Å². The van der Waals surface area contributed by atoms with Gasteiger partial charge in [0.1, 0.15) is 11.6 Å². The van der Waals surface area contributed by atoms with Crippen LogP contribution in [0.15, 0.2) is 0 Å². The van der Waals surface area contributed by atoms with Crippen LogP contribution in [-0.2, 0) is 9.59 Å². The summed E-state index contributed by atoms with van der Waals surface area (Å²) in [5.74, 6) is 0.525. The maximum atomic E-state index is 11.1. The summed E-state index contributed by atoms with van der Waals surface area (Å²) in [4.78, 5) is 21.7. The molecule has 0 atom stereocenters. The third-order valence-electron chi connectivity index (χ3n) is 1.94. The first kappa shape index (κ1) is 12.3. The Labute approximate surface area is 80.7 Å². The van der Waals surface area contributed by atoms with E-state index in [4.69, 9.17) is 0 Å². The van der Waals surface area contributed by atoms with E-state index in [0.717, 1.165) is 25.7 Å². The Morgan fingerprint density at radius 2 is 1.54 bits per heavy atom. The normalized spacial score (nSPS) is 10.0. The van der Waals surface area contributed by atoms with Crippen molar-refractivity contribution in [1.29, 1.82) is 0 Å². The summed E-state index contributed by atoms with van der Waals surface area (Å²) >= 11 is 0. The molecule has 0 bridgehead atoms. The van der Waals surface area contributed by atoms with Gasteiger partial charge in [-0.15, -0.1) is 0 Å². The first-order valence-electron chi connectivity index (χ1n) is 4.97. The van der Waals surface area contributed by atoms with Crippen LogP contribution < -0.4 is 0 Å². The van der Waals surface area contributed by atoms with Crippen LogP contribution in [-0.4, -0.2) is 11.6 Å². The van der Waals surface area contributed by atoms with E-state index in [0.29, 0.717) is 25.0 Å². The Bertz CT molecular complexity index is 161. The van der Waals surface area contributed by atoms with E-state index in [1.165, 1.54) is 0 Å². The van der Waals surface area contributed by atoms with Crippen LogP contribution in [0.3, 0.4) is 0 Å². The maximum Gasteiger partial charge on any atom is 0.132 e. The summed E-state index contributed by atoms with van der Waals surface area (Å²) < 4.78 is 0. The first-order valence-corrected chi connectivity index (χ1v) is 4.97. The molecule has 1 radical (unpaired) electrons. The van der Waals surface area contributed by atoms with Gasteiger partial charge in [-0.25, -0.2) is 0 Å². The van der Waals surface area contributed by atoms with Gasteiger partial charge in [0.2, 0.25) is 0 Å². The summed E-state index contributed by atoms with van der Waals surface area (Å²) in [7, 11) is 0. The minimum Gasteiger partial charge on any atom is -0.300 e. The van der Waals surface area contributed by atoms with Crippen molar-refractivity contribution in [2.45, 2.75) is 51.9 Å². The van der Waals surface area contributed by atoms with E-state index < -0.39 is 0 Å². The van der Waals surface area contributed by atoms with Gasteiger partial charge < -0.3 is 4.79 Å². The number of unbranched alkanes of at least 4 members (excludes halogenated alkanes) is 2. The molecule has 2 nitrogen and oxygen atoms in total. The molecule has 0 saturated heterocycles. The van der Waals surface area contributed by atoms with Crippen LogP contribution in [0.4, 0.5) is 0 Å². The molecule has 0 rings (SSSR count). The van der Waals surface area contributed by atoms with Crippen LogP contribution in [0.1, 0.15) is 51.9 Å². The lowest BCUT2D eigenvalue weighted by Crippen LogP contribution is -1.98. The van der Waals surface area contributed by atoms with Crippen molar-refractivity contribution in [1.82, 2.24) is 0 Å². The van der Waals surface area contributed by atoms with E-state index in [-0.39, 0.29) is 5.78 Å². The van der Waals surface area contributed by atoms with Gasteiger partial charge in [-0.2, -0.15) is 0 Å². The number of carbonyl (C=O) groups is 2. The van der Waals surface area contributed by atoms with E-state index >= 15 is 0 Å². The fraction of sp³-hybridized carbons (Fsp3) is 0.727. The van der Waals surface area contributed by atoms with Crippen LogP contribution in [0.25, 0.3) is 0 Å². The van der Waals surface area contributed by atoms with E-state index in [1.807, 2.05) is 0 Å². The Balaban J connectivity index is 3.22. The van der Waals surface area contributed by atoms with Crippen LogP contribution in [0, 0.1) is 6.92 Å². The lowest BCUT2D eigenvalue weighted by molar-refractivity contribution is -0.120. The van der Waals surface area contributed by atoms with Crippen molar-refractivity contribution in [3.05, 3.63) is 6.92 Å². The summed E-state index contributed by atoms with van der Waals surface area (Å²) in [5.41, 5.74) is 0. The molecular formula is C11H19O2. The lowest BCUT2D eigenvalue weighted by atomic mass is 10.1. The first-order chi connectivity index (χ1) is 6.16. The SMILES string of the molecule is [CH2]CCCC(=O)CCCCC(C)=O. The zero-order valence-electron chi connectivity index (χ0n) is 8.47. The molecule has 13 heavy (non-hydrogen) atoms. The summed E-state index contributed by atoms with van der Waals surface area (Å²) in [5, 5.41) is 0. The van der Waals surface area contributed by atoms with E-state index in [9.17, 15) is 9.59 Å². The molecule has 0 spiro atoms. The second-order valence-electron chi connectivity index (χ2n) is 3.40. The smallest absolute Gasteiger partial charge is 0.132 e. The Hall–Kier alpha value is -0.660. The number of rotatable bonds is 8. The molecule has 0 aliphatic rings. The summed E-state index contributed by atoms with van der Waals surface area (Å²) in [6, 6.07) is 0. The third-order valence-corrected chi connectivity index (χ3v) is 1.94. The standard InChI is InChI=1S/C11H19O2/c1-3-4-8-11(13)9-6-5-7-10(2)12/h1,3-9H2,2H3. The van der Waals surface area contributed by atoms with Crippen molar-refractivity contribution < 1.29 is 9.59 Å². The highest BCUT2D eigenvalue weighted by Gasteiger charge is 2.01. The molecule has 0 fully saturated rings. The molecule has 0 unspecified atom stereocenters. The van der Waals surface area contributed by atoms with Gasteiger partial charge in [0.15, 0.2) is 0 Å². The molecule has 0 N–H and O–H groups in total. The average molecular weight is 183 g/mol. The van der Waals surface area contributed by atoms with Crippen LogP contribution in [0.2, 0.25) is 0 Å². The number of carbonyl (C=O) groups excluding carboxylic acids is 2. The summed E-state index contributed by atoms with van der Waals surface area (Å²) in [6.45, 7) is 5.27. The third kappa shape index (κ3) is 9.25. The topological polar surface area (TPSA) is 34.1 Å². The molecule has 0 saturated carbocycles. The molecule has 0 aliphatic heterocycles. The quantitative estimate of drug-likeness (QED) is 0.542. The molecule has 0 aromatic carbocycles. The second-order valence-corrected chi connectivity index (χ2v) is 3.40. The fourth-order valence-corrected chi connectivity index (χ4v) is 1.14. The minimum atomic E-state index is 0.213. The van der Waals surface area contributed by atoms with Gasteiger partial charge in [-0.1, -0.05) is 13.3 Å². The van der Waals surface area contributed by atoms with Crippen molar-refractivity contribution in [3.8, 4) is 0 Å². The van der Waals surface area contributed by atoms with Crippen molar-refractivity contribution in [2.24, 2.45) is 0 Å². The van der Waals surface area contributed by atoms with Crippen molar-refractivity contribution in [2.75, 3.05) is 0 Å². The molecule has 0 aromatic rings. The maximum absolute atomic E-state index is 11.1. The highest BCUT2D eigenvalue weighted by atomic mass is 16.1. The number of hydrogen-bond acceptors (Lipinski definition) is 2. The van der Waals surface area contributed by atoms with Gasteiger partial charge in [0, 0.05) is 19.3 Å². The largest absolute Gasteiger partial charge is 0.300 e. The molecule has 0 aromatic heterocycles. The van der Waals surface area contributed by atoms with Crippen molar-refractivity contribution in [3.63, 3.8) is 0 Å². The lowest BCUT2D eigenvalue weighted by Gasteiger charge is -1.98. The molecule has 2 heteroatoms. The van der Waals surface area contributed by atoms with E-state index in [2.05, 4.69) is 6.92 Å². The van der Waals surface area contributed by atoms with Gasteiger partial charge in [-0.05, 0) is 26.2 Å². The second kappa shape index (κ2) is 7.96. The minimum absolute atomic E-state index is 0.213. The van der Waals surface area contributed by atoms with Gasteiger partial charge in [0.25, 0.3) is 0 Å². The molecular weight excluding hydrogens is 164 g/mol. The molecule has 0 aliphatic carbocycles. The van der Waals surface area contributed by atoms with Gasteiger partial charge >= 0.3 is 0 Å². The molecule has 75 valence electrons. The van der Waals surface area contributed by atoms with Gasteiger partial charge in [0.05, 0.1) is 0 Å². The Morgan fingerprint density at radius 3 is 2.08 bits per heavy atom. The number of Topliss-reactive ketones (excluding diaryl/α,β-unsaturated/α-hetero) is 2. The van der Waals surface area contributed by atoms with Crippen LogP contribution >= 0.6 is 0 Å². The molecule has 0 heterocycles. The summed E-state index contributed by atoms with van der Waals surface area (Å²) in [6.07, 6.45) is 5.34. The number of hydrogen-bond donors (Lipinski definition) is 0.